The summed E-state index contributed by atoms with van der Waals surface area (Å²) in [7, 11) is 0. The molecule has 3 heteroatoms. The van der Waals surface area contributed by atoms with Crippen molar-refractivity contribution < 1.29 is 4.74 Å². The minimum Gasteiger partial charge on any atom is -0.494 e. The number of ether oxygens (including phenoxy) is 1. The number of rotatable bonds is 10. The Morgan fingerprint density at radius 2 is 1.78 bits per heavy atom. The van der Waals surface area contributed by atoms with Gasteiger partial charge in [0.2, 0.25) is 0 Å². The molecule has 2 rings (SSSR count). The van der Waals surface area contributed by atoms with Gasteiger partial charge in [-0.1, -0.05) is 42.5 Å². The molecule has 3 nitrogen and oxygen atoms in total. The van der Waals surface area contributed by atoms with Crippen LogP contribution in [-0.2, 0) is 13.0 Å². The van der Waals surface area contributed by atoms with Crippen LogP contribution in [0, 0.1) is 11.3 Å². The summed E-state index contributed by atoms with van der Waals surface area (Å²) < 4.78 is 5.66. The van der Waals surface area contributed by atoms with E-state index in [4.69, 9.17) is 10.00 Å². The fourth-order valence-corrected chi connectivity index (χ4v) is 2.38. The van der Waals surface area contributed by atoms with E-state index in [1.165, 1.54) is 11.1 Å². The molecule has 1 N–H and O–H groups in total. The van der Waals surface area contributed by atoms with Crippen LogP contribution < -0.4 is 10.1 Å². The summed E-state index contributed by atoms with van der Waals surface area (Å²) in [6, 6.07) is 20.9. The molecule has 2 aromatic rings. The summed E-state index contributed by atoms with van der Waals surface area (Å²) in [4.78, 5) is 0. The molecule has 0 unspecified atom stereocenters. The van der Waals surface area contributed by atoms with Crippen LogP contribution in [0.15, 0.2) is 54.6 Å². The third-order valence-corrected chi connectivity index (χ3v) is 3.59. The van der Waals surface area contributed by atoms with E-state index in [9.17, 15) is 0 Å². The first-order valence-electron chi connectivity index (χ1n) is 8.22. The van der Waals surface area contributed by atoms with Crippen LogP contribution in [0.2, 0.25) is 0 Å². The van der Waals surface area contributed by atoms with E-state index in [0.29, 0.717) is 13.0 Å². The zero-order valence-corrected chi connectivity index (χ0v) is 13.5. The van der Waals surface area contributed by atoms with E-state index in [2.05, 4.69) is 53.9 Å². The van der Waals surface area contributed by atoms with Crippen molar-refractivity contribution >= 4 is 0 Å². The van der Waals surface area contributed by atoms with Gasteiger partial charge in [0.15, 0.2) is 0 Å². The smallest absolute Gasteiger partial charge is 0.119 e. The fourth-order valence-electron chi connectivity index (χ4n) is 2.38. The molecule has 0 heterocycles. The average molecular weight is 308 g/mol. The minimum absolute atomic E-state index is 0.544. The number of nitrogens with zero attached hydrogens (tertiary/aromatic N) is 1. The zero-order valence-electron chi connectivity index (χ0n) is 13.5. The van der Waals surface area contributed by atoms with Gasteiger partial charge in [-0.2, -0.15) is 5.26 Å². The highest BCUT2D eigenvalue weighted by molar-refractivity contribution is 5.28. The van der Waals surface area contributed by atoms with Crippen LogP contribution in [0.5, 0.6) is 5.75 Å². The number of nitrogens with one attached hydrogen (secondary N) is 1. The first-order chi connectivity index (χ1) is 11.4. The SMILES string of the molecule is N#CCCCOc1cccc(CNCCCc2ccccc2)c1. The second-order valence-corrected chi connectivity index (χ2v) is 5.52. The Labute approximate surface area is 138 Å². The fraction of sp³-hybridized carbons (Fsp3) is 0.350. The zero-order chi connectivity index (χ0) is 16.2. The minimum atomic E-state index is 0.544. The van der Waals surface area contributed by atoms with Gasteiger partial charge in [-0.15, -0.1) is 0 Å². The largest absolute Gasteiger partial charge is 0.494 e. The number of hydrogen-bond acceptors (Lipinski definition) is 3. The van der Waals surface area contributed by atoms with Gasteiger partial charge >= 0.3 is 0 Å². The third kappa shape index (κ3) is 6.99. The lowest BCUT2D eigenvalue weighted by atomic mass is 10.1. The number of unbranched alkanes of at least 4 members (excludes halogenated alkanes) is 1. The number of nitriles is 1. The molecular formula is C20H24N2O. The van der Waals surface area contributed by atoms with Gasteiger partial charge in [-0.05, 0) is 49.1 Å². The summed E-state index contributed by atoms with van der Waals surface area (Å²) in [6.07, 6.45) is 3.56. The lowest BCUT2D eigenvalue weighted by Crippen LogP contribution is -2.15. The average Bonchev–Trinajstić information content (AvgIpc) is 2.60. The van der Waals surface area contributed by atoms with Gasteiger partial charge in [0.05, 0.1) is 12.7 Å². The summed E-state index contributed by atoms with van der Waals surface area (Å²) in [5.41, 5.74) is 2.62. The van der Waals surface area contributed by atoms with Gasteiger partial charge in [0.25, 0.3) is 0 Å². The molecule has 0 aliphatic carbocycles. The molecule has 2 aromatic carbocycles. The lowest BCUT2D eigenvalue weighted by molar-refractivity contribution is 0.312. The Morgan fingerprint density at radius 3 is 2.61 bits per heavy atom. The van der Waals surface area contributed by atoms with E-state index in [0.717, 1.165) is 38.1 Å². The van der Waals surface area contributed by atoms with Crippen molar-refractivity contribution in [3.8, 4) is 11.8 Å². The molecule has 0 spiro atoms. The summed E-state index contributed by atoms with van der Waals surface area (Å²) >= 11 is 0. The molecule has 0 aromatic heterocycles. The molecule has 120 valence electrons. The van der Waals surface area contributed by atoms with Crippen LogP contribution in [0.25, 0.3) is 0 Å². The molecule has 0 radical (unpaired) electrons. The molecule has 0 aliphatic heterocycles. The van der Waals surface area contributed by atoms with Crippen LogP contribution in [-0.4, -0.2) is 13.2 Å². The van der Waals surface area contributed by atoms with Gasteiger partial charge < -0.3 is 10.1 Å². The maximum atomic E-state index is 8.51. The Balaban J connectivity index is 1.64. The summed E-state index contributed by atoms with van der Waals surface area (Å²) in [6.45, 7) is 2.45. The predicted molar refractivity (Wildman–Crippen MR) is 93.3 cm³/mol. The van der Waals surface area contributed by atoms with Crippen molar-refractivity contribution in [3.05, 3.63) is 65.7 Å². The van der Waals surface area contributed by atoms with E-state index in [1.807, 2.05) is 12.1 Å². The molecule has 0 aliphatic rings. The summed E-state index contributed by atoms with van der Waals surface area (Å²) in [5, 5.41) is 12.0. The van der Waals surface area contributed by atoms with E-state index in [-0.39, 0.29) is 0 Å². The second kappa shape index (κ2) is 10.4. The highest BCUT2D eigenvalue weighted by atomic mass is 16.5. The van der Waals surface area contributed by atoms with E-state index in [1.54, 1.807) is 0 Å². The van der Waals surface area contributed by atoms with Crippen molar-refractivity contribution in [1.82, 2.24) is 5.32 Å². The van der Waals surface area contributed by atoms with Gasteiger partial charge in [-0.3, -0.25) is 0 Å². The standard InChI is InChI=1S/C20H24N2O/c21-13-4-5-15-23-20-12-6-10-19(16-20)17-22-14-7-11-18-8-2-1-3-9-18/h1-3,6,8-10,12,16,22H,4-5,7,11,14-15,17H2. The van der Waals surface area contributed by atoms with Gasteiger partial charge in [0.1, 0.15) is 5.75 Å². The van der Waals surface area contributed by atoms with Crippen LogP contribution >= 0.6 is 0 Å². The van der Waals surface area contributed by atoms with Crippen LogP contribution in [0.3, 0.4) is 0 Å². The van der Waals surface area contributed by atoms with Crippen LogP contribution in [0.4, 0.5) is 0 Å². The molecule has 23 heavy (non-hydrogen) atoms. The van der Waals surface area contributed by atoms with Crippen molar-refractivity contribution in [2.24, 2.45) is 0 Å². The molecule has 0 bridgehead atoms. The number of benzene rings is 2. The first-order valence-corrected chi connectivity index (χ1v) is 8.22. The summed E-state index contributed by atoms with van der Waals surface area (Å²) in [5.74, 6) is 0.881. The van der Waals surface area contributed by atoms with Gasteiger partial charge in [0, 0.05) is 13.0 Å². The van der Waals surface area contributed by atoms with E-state index < -0.39 is 0 Å². The molecule has 0 atom stereocenters. The highest BCUT2D eigenvalue weighted by Crippen LogP contribution is 2.13. The maximum absolute atomic E-state index is 8.51. The topological polar surface area (TPSA) is 45.0 Å². The lowest BCUT2D eigenvalue weighted by Gasteiger charge is -2.08. The second-order valence-electron chi connectivity index (χ2n) is 5.52. The Hall–Kier alpha value is -2.31. The highest BCUT2D eigenvalue weighted by Gasteiger charge is 1.98. The van der Waals surface area contributed by atoms with E-state index >= 15 is 0 Å². The molecule has 0 fully saturated rings. The monoisotopic (exact) mass is 308 g/mol. The predicted octanol–water partition coefficient (Wildman–Crippen LogP) is 4.09. The third-order valence-electron chi connectivity index (χ3n) is 3.59. The first kappa shape index (κ1) is 17.1. The van der Waals surface area contributed by atoms with Crippen molar-refractivity contribution in [1.29, 1.82) is 5.26 Å². The molecule has 0 saturated carbocycles. The molecular weight excluding hydrogens is 284 g/mol. The van der Waals surface area contributed by atoms with Crippen molar-refractivity contribution in [2.45, 2.75) is 32.2 Å². The Kier molecular flexibility index (Phi) is 7.73. The Bertz CT molecular complexity index is 605. The quantitative estimate of drug-likeness (QED) is 0.672. The number of hydrogen-bond donors (Lipinski definition) is 1. The molecule has 0 saturated heterocycles. The van der Waals surface area contributed by atoms with Crippen molar-refractivity contribution in [3.63, 3.8) is 0 Å². The maximum Gasteiger partial charge on any atom is 0.119 e. The number of aryl methyl sites for hydroxylation is 1. The Morgan fingerprint density at radius 1 is 0.957 bits per heavy atom. The van der Waals surface area contributed by atoms with Crippen molar-refractivity contribution in [2.75, 3.05) is 13.2 Å². The van der Waals surface area contributed by atoms with Crippen LogP contribution in [0.1, 0.15) is 30.4 Å². The molecule has 0 amide bonds. The normalized spacial score (nSPS) is 10.2. The van der Waals surface area contributed by atoms with Gasteiger partial charge in [-0.25, -0.2) is 0 Å².